The minimum atomic E-state index is -0.430. The van der Waals surface area contributed by atoms with E-state index in [2.05, 4.69) is 0 Å². The molecule has 88 valence electrons. The largest absolute Gasteiger partial charge is 0.362 e. The third-order valence-electron chi connectivity index (χ3n) is 3.26. The van der Waals surface area contributed by atoms with Gasteiger partial charge in [-0.25, -0.2) is 0 Å². The van der Waals surface area contributed by atoms with Crippen molar-refractivity contribution in [3.05, 3.63) is 42.5 Å². The third-order valence-corrected chi connectivity index (χ3v) is 4.77. The summed E-state index contributed by atoms with van der Waals surface area (Å²) in [5.74, 6) is 0.294. The van der Waals surface area contributed by atoms with Crippen LogP contribution in [0.25, 0.3) is 0 Å². The van der Waals surface area contributed by atoms with E-state index in [1.807, 2.05) is 49.4 Å². The van der Waals surface area contributed by atoms with Crippen molar-refractivity contribution in [3.8, 4) is 0 Å². The molecule has 0 N–H and O–H groups in total. The molecule has 2 bridgehead atoms. The summed E-state index contributed by atoms with van der Waals surface area (Å²) in [7, 11) is 0. The van der Waals surface area contributed by atoms with Crippen molar-refractivity contribution in [1.29, 1.82) is 0 Å². The lowest BCUT2D eigenvalue weighted by molar-refractivity contribution is -0.133. The predicted octanol–water partition coefficient (Wildman–Crippen LogP) is 2.83. The molecule has 0 radical (unpaired) electrons. The first-order valence-corrected chi connectivity index (χ1v) is 6.67. The van der Waals surface area contributed by atoms with Gasteiger partial charge in [0, 0.05) is 11.3 Å². The van der Waals surface area contributed by atoms with E-state index in [1.165, 1.54) is 0 Å². The number of hydrogen-bond donors (Lipinski definition) is 0. The Bertz CT molecular complexity index is 468. The van der Waals surface area contributed by atoms with Crippen LogP contribution in [-0.2, 0) is 9.53 Å². The number of hydrogen-bond acceptors (Lipinski definition) is 3. The number of Topliss-reactive ketones (excluding diaryl/α,β-unsaturated/α-hetero) is 1. The molecule has 2 aliphatic rings. The van der Waals surface area contributed by atoms with Crippen LogP contribution in [0.5, 0.6) is 0 Å². The number of fused-ring (bicyclic) bond motifs is 2. The highest BCUT2D eigenvalue weighted by Crippen LogP contribution is 2.42. The average Bonchev–Trinajstić information content (AvgIpc) is 2.64. The molecule has 3 rings (SSSR count). The highest BCUT2D eigenvalue weighted by Gasteiger charge is 2.48. The van der Waals surface area contributed by atoms with Crippen molar-refractivity contribution in [2.75, 3.05) is 0 Å². The van der Waals surface area contributed by atoms with Gasteiger partial charge in [-0.3, -0.25) is 4.79 Å². The van der Waals surface area contributed by atoms with Gasteiger partial charge >= 0.3 is 0 Å². The Morgan fingerprint density at radius 2 is 2.12 bits per heavy atom. The number of carbonyl (C=O) groups is 1. The van der Waals surface area contributed by atoms with Crippen LogP contribution in [0.15, 0.2) is 47.4 Å². The van der Waals surface area contributed by atoms with Crippen LogP contribution < -0.4 is 0 Å². The molecule has 0 saturated carbocycles. The minimum Gasteiger partial charge on any atom is -0.362 e. The molecule has 2 heterocycles. The molecule has 0 aliphatic carbocycles. The van der Waals surface area contributed by atoms with Gasteiger partial charge in [0.15, 0.2) is 5.78 Å². The fraction of sp³-hybridized carbons (Fsp3) is 0.357. The Balaban J connectivity index is 1.86. The Hall–Kier alpha value is -1.06. The number of thioether (sulfide) groups is 1. The normalized spacial score (nSPS) is 35.2. The summed E-state index contributed by atoms with van der Waals surface area (Å²) in [5.41, 5.74) is -0.430. The first-order chi connectivity index (χ1) is 8.17. The molecule has 1 aromatic carbocycles. The van der Waals surface area contributed by atoms with Crippen LogP contribution in [0, 0.1) is 0 Å². The molecule has 0 unspecified atom stereocenters. The number of rotatable bonds is 2. The number of ether oxygens (including phenoxy) is 1. The van der Waals surface area contributed by atoms with Crippen molar-refractivity contribution < 1.29 is 9.53 Å². The second kappa shape index (κ2) is 4.00. The molecule has 0 amide bonds. The van der Waals surface area contributed by atoms with Crippen LogP contribution in [-0.4, -0.2) is 22.7 Å². The summed E-state index contributed by atoms with van der Waals surface area (Å²) in [5, 5.41) is -0.125. The summed E-state index contributed by atoms with van der Waals surface area (Å²) in [6, 6.07) is 10.0. The molecule has 2 aliphatic heterocycles. The van der Waals surface area contributed by atoms with Crippen molar-refractivity contribution >= 4 is 17.5 Å². The fourth-order valence-electron chi connectivity index (χ4n) is 2.40. The lowest BCUT2D eigenvalue weighted by Crippen LogP contribution is -2.47. The van der Waals surface area contributed by atoms with Gasteiger partial charge in [0.2, 0.25) is 0 Å². The molecule has 2 nitrogen and oxygen atoms in total. The van der Waals surface area contributed by atoms with Crippen LogP contribution in [0.3, 0.4) is 0 Å². The molecular weight excluding hydrogens is 232 g/mol. The van der Waals surface area contributed by atoms with Gasteiger partial charge in [-0.1, -0.05) is 30.4 Å². The molecule has 0 spiro atoms. The molecule has 1 aromatic rings. The summed E-state index contributed by atoms with van der Waals surface area (Å²) in [6.07, 6.45) is 4.57. The van der Waals surface area contributed by atoms with Gasteiger partial charge in [0.25, 0.3) is 0 Å². The van der Waals surface area contributed by atoms with E-state index in [1.54, 1.807) is 11.8 Å². The zero-order chi connectivity index (χ0) is 11.9. The number of carbonyl (C=O) groups excluding carboxylic acids is 1. The lowest BCUT2D eigenvalue weighted by atomic mass is 9.96. The van der Waals surface area contributed by atoms with Crippen molar-refractivity contribution in [1.82, 2.24) is 0 Å². The zero-order valence-electron chi connectivity index (χ0n) is 9.63. The molecule has 3 atom stereocenters. The maximum atomic E-state index is 12.1. The summed E-state index contributed by atoms with van der Waals surface area (Å²) in [4.78, 5) is 13.2. The van der Waals surface area contributed by atoms with Crippen LogP contribution in [0.2, 0.25) is 0 Å². The van der Waals surface area contributed by atoms with E-state index in [0.29, 0.717) is 12.2 Å². The van der Waals surface area contributed by atoms with Crippen molar-refractivity contribution in [2.45, 2.75) is 35.2 Å². The SMILES string of the molecule is C[C@@]12C=C[C@@H](CC(=O)[C@H]1Sc1ccccc1)O2. The Morgan fingerprint density at radius 3 is 2.88 bits per heavy atom. The molecule has 1 saturated heterocycles. The molecule has 1 fully saturated rings. The van der Waals surface area contributed by atoms with E-state index in [-0.39, 0.29) is 11.4 Å². The van der Waals surface area contributed by atoms with Gasteiger partial charge in [0.05, 0.1) is 6.10 Å². The second-order valence-corrected chi connectivity index (χ2v) is 5.86. The fourth-order valence-corrected chi connectivity index (χ4v) is 3.59. The number of ketones is 1. The average molecular weight is 246 g/mol. The minimum absolute atomic E-state index is 0.000114. The van der Waals surface area contributed by atoms with Gasteiger partial charge in [-0.2, -0.15) is 0 Å². The smallest absolute Gasteiger partial charge is 0.152 e. The van der Waals surface area contributed by atoms with Crippen LogP contribution >= 0.6 is 11.8 Å². The Labute approximate surface area is 105 Å². The van der Waals surface area contributed by atoms with E-state index in [0.717, 1.165) is 4.90 Å². The molecule has 17 heavy (non-hydrogen) atoms. The highest BCUT2D eigenvalue weighted by molar-refractivity contribution is 8.00. The quantitative estimate of drug-likeness (QED) is 0.751. The lowest BCUT2D eigenvalue weighted by Gasteiger charge is -2.36. The van der Waals surface area contributed by atoms with Crippen molar-refractivity contribution in [2.24, 2.45) is 0 Å². The van der Waals surface area contributed by atoms with Crippen LogP contribution in [0.1, 0.15) is 13.3 Å². The summed E-state index contributed by atoms with van der Waals surface area (Å²) < 4.78 is 5.89. The molecule has 3 heteroatoms. The summed E-state index contributed by atoms with van der Waals surface area (Å²) in [6.45, 7) is 2.00. The zero-order valence-corrected chi connectivity index (χ0v) is 10.4. The monoisotopic (exact) mass is 246 g/mol. The highest BCUT2D eigenvalue weighted by atomic mass is 32.2. The number of benzene rings is 1. The topological polar surface area (TPSA) is 26.3 Å². The van der Waals surface area contributed by atoms with Gasteiger partial charge in [-0.15, -0.1) is 11.8 Å². The van der Waals surface area contributed by atoms with Gasteiger partial charge in [-0.05, 0) is 19.1 Å². The first kappa shape index (κ1) is 11.1. The second-order valence-electron chi connectivity index (χ2n) is 4.68. The first-order valence-electron chi connectivity index (χ1n) is 5.79. The standard InChI is InChI=1S/C14H14O2S/c1-14-8-7-10(16-14)9-12(15)13(14)17-11-5-3-2-4-6-11/h2-8,10,13H,9H2,1H3/t10-,13+,14+/m0/s1. The molecular formula is C14H14O2S. The summed E-state index contributed by atoms with van der Waals surface area (Å²) >= 11 is 1.61. The third kappa shape index (κ3) is 1.94. The van der Waals surface area contributed by atoms with E-state index in [4.69, 9.17) is 4.74 Å². The van der Waals surface area contributed by atoms with Crippen molar-refractivity contribution in [3.63, 3.8) is 0 Å². The molecule has 0 aromatic heterocycles. The van der Waals surface area contributed by atoms with Gasteiger partial charge < -0.3 is 4.74 Å². The maximum Gasteiger partial charge on any atom is 0.152 e. The Kier molecular flexibility index (Phi) is 2.60. The predicted molar refractivity (Wildman–Crippen MR) is 68.1 cm³/mol. The maximum absolute atomic E-state index is 12.1. The Morgan fingerprint density at radius 1 is 1.35 bits per heavy atom. The van der Waals surface area contributed by atoms with E-state index >= 15 is 0 Å². The van der Waals surface area contributed by atoms with Crippen LogP contribution in [0.4, 0.5) is 0 Å². The van der Waals surface area contributed by atoms with E-state index < -0.39 is 5.60 Å². The van der Waals surface area contributed by atoms with Gasteiger partial charge in [0.1, 0.15) is 10.9 Å². The van der Waals surface area contributed by atoms with E-state index in [9.17, 15) is 4.79 Å².